The molecule has 0 aliphatic carbocycles. The normalized spacial score (nSPS) is 14.4. The van der Waals surface area contributed by atoms with Crippen molar-refractivity contribution in [1.29, 1.82) is 0 Å². The predicted molar refractivity (Wildman–Crippen MR) is 68.9 cm³/mol. The third-order valence-corrected chi connectivity index (χ3v) is 3.30. The molecule has 5 nitrogen and oxygen atoms in total. The van der Waals surface area contributed by atoms with E-state index in [0.29, 0.717) is 0 Å². The molecule has 0 spiro atoms. The van der Waals surface area contributed by atoms with E-state index in [1.54, 1.807) is 7.11 Å². The van der Waals surface area contributed by atoms with Gasteiger partial charge in [0.1, 0.15) is 0 Å². The van der Waals surface area contributed by atoms with Crippen LogP contribution in [0.5, 0.6) is 5.75 Å². The number of pyridine rings is 1. The van der Waals surface area contributed by atoms with Crippen molar-refractivity contribution in [1.82, 2.24) is 15.2 Å². The number of aryl methyl sites for hydroxylation is 1. The van der Waals surface area contributed by atoms with Gasteiger partial charge in [0.25, 0.3) is 0 Å². The number of aromatic amines is 1. The number of anilines is 1. The van der Waals surface area contributed by atoms with Crippen molar-refractivity contribution in [2.75, 3.05) is 18.6 Å². The van der Waals surface area contributed by atoms with Gasteiger partial charge in [0.2, 0.25) is 0 Å². The van der Waals surface area contributed by atoms with E-state index >= 15 is 0 Å². The first-order valence-corrected chi connectivity index (χ1v) is 6.05. The van der Waals surface area contributed by atoms with Crippen molar-refractivity contribution in [3.8, 4) is 5.75 Å². The molecular formula is C13H16N4O. The Kier molecular flexibility index (Phi) is 2.66. The highest BCUT2D eigenvalue weighted by molar-refractivity contribution is 5.54. The van der Waals surface area contributed by atoms with Crippen LogP contribution in [0.1, 0.15) is 17.0 Å². The molecule has 1 aliphatic heterocycles. The van der Waals surface area contributed by atoms with Crippen LogP contribution in [0.25, 0.3) is 0 Å². The molecule has 0 unspecified atom stereocenters. The number of hydrogen-bond donors (Lipinski definition) is 1. The summed E-state index contributed by atoms with van der Waals surface area (Å²) in [6.07, 6.45) is 2.86. The maximum atomic E-state index is 5.40. The lowest BCUT2D eigenvalue weighted by atomic mass is 10.1. The number of hydrogen-bond acceptors (Lipinski definition) is 4. The average molecular weight is 244 g/mol. The summed E-state index contributed by atoms with van der Waals surface area (Å²) in [6.45, 7) is 3.76. The monoisotopic (exact) mass is 244 g/mol. The second kappa shape index (κ2) is 4.33. The van der Waals surface area contributed by atoms with Gasteiger partial charge < -0.3 is 9.64 Å². The fraction of sp³-hybridized carbons (Fsp3) is 0.385. The summed E-state index contributed by atoms with van der Waals surface area (Å²) in [5.41, 5.74) is 3.48. The standard InChI is InChI=1S/C13H16N4O/c1-9-3-4-12(18-2)13(15-9)17-6-5-11-10(8-17)7-14-16-11/h3-4,7H,5-6,8H2,1-2H3,(H,14,16). The van der Waals surface area contributed by atoms with Crippen LogP contribution in [0.4, 0.5) is 5.82 Å². The lowest BCUT2D eigenvalue weighted by Crippen LogP contribution is -2.31. The second-order valence-corrected chi connectivity index (χ2v) is 4.52. The molecule has 1 N–H and O–H groups in total. The Morgan fingerprint density at radius 2 is 2.28 bits per heavy atom. The molecule has 3 rings (SSSR count). The number of aromatic nitrogens is 3. The summed E-state index contributed by atoms with van der Waals surface area (Å²) in [5.74, 6) is 1.75. The third kappa shape index (κ3) is 1.81. The molecule has 18 heavy (non-hydrogen) atoms. The number of fused-ring (bicyclic) bond motifs is 1. The highest BCUT2D eigenvalue weighted by Crippen LogP contribution is 2.29. The molecule has 0 fully saturated rings. The van der Waals surface area contributed by atoms with Gasteiger partial charge in [-0.05, 0) is 19.1 Å². The molecule has 0 saturated carbocycles. The number of H-pyrrole nitrogens is 1. The van der Waals surface area contributed by atoms with Crippen LogP contribution >= 0.6 is 0 Å². The molecule has 0 aromatic carbocycles. The maximum Gasteiger partial charge on any atom is 0.171 e. The summed E-state index contributed by atoms with van der Waals surface area (Å²) in [6, 6.07) is 3.94. The van der Waals surface area contributed by atoms with Crippen LogP contribution in [0.2, 0.25) is 0 Å². The Labute approximate surface area is 106 Å². The zero-order valence-corrected chi connectivity index (χ0v) is 10.6. The topological polar surface area (TPSA) is 54.0 Å². The van der Waals surface area contributed by atoms with E-state index in [0.717, 1.165) is 36.8 Å². The molecule has 2 aromatic rings. The maximum absolute atomic E-state index is 5.40. The Hall–Kier alpha value is -2.04. The van der Waals surface area contributed by atoms with Gasteiger partial charge in [-0.2, -0.15) is 5.10 Å². The van der Waals surface area contributed by atoms with Crippen LogP contribution in [0.3, 0.4) is 0 Å². The minimum atomic E-state index is 0.826. The molecule has 0 bridgehead atoms. The van der Waals surface area contributed by atoms with Gasteiger partial charge in [-0.1, -0.05) is 0 Å². The van der Waals surface area contributed by atoms with Crippen LogP contribution in [-0.4, -0.2) is 28.8 Å². The Morgan fingerprint density at radius 1 is 1.39 bits per heavy atom. The van der Waals surface area contributed by atoms with Crippen LogP contribution in [0.15, 0.2) is 18.3 Å². The molecule has 0 atom stereocenters. The zero-order valence-electron chi connectivity index (χ0n) is 10.6. The predicted octanol–water partition coefficient (Wildman–Crippen LogP) is 1.68. The van der Waals surface area contributed by atoms with Crippen molar-refractivity contribution in [2.45, 2.75) is 19.9 Å². The van der Waals surface area contributed by atoms with Gasteiger partial charge in [-0.15, -0.1) is 0 Å². The summed E-state index contributed by atoms with van der Waals surface area (Å²) in [4.78, 5) is 6.84. The SMILES string of the molecule is COc1ccc(C)nc1N1CCc2[nH]ncc2C1. The van der Waals surface area contributed by atoms with Crippen molar-refractivity contribution < 1.29 is 4.74 Å². The molecule has 0 amide bonds. The first-order chi connectivity index (χ1) is 8.78. The fourth-order valence-electron chi connectivity index (χ4n) is 2.32. The van der Waals surface area contributed by atoms with E-state index in [4.69, 9.17) is 4.74 Å². The number of nitrogens with zero attached hydrogens (tertiary/aromatic N) is 3. The minimum Gasteiger partial charge on any atom is -0.493 e. The zero-order chi connectivity index (χ0) is 12.5. The molecule has 5 heteroatoms. The van der Waals surface area contributed by atoms with Crippen LogP contribution in [-0.2, 0) is 13.0 Å². The lowest BCUT2D eigenvalue weighted by Gasteiger charge is -2.28. The number of methoxy groups -OCH3 is 1. The third-order valence-electron chi connectivity index (χ3n) is 3.30. The molecule has 3 heterocycles. The van der Waals surface area contributed by atoms with Crippen molar-refractivity contribution in [3.05, 3.63) is 35.3 Å². The van der Waals surface area contributed by atoms with E-state index in [2.05, 4.69) is 20.1 Å². The Morgan fingerprint density at radius 3 is 3.11 bits per heavy atom. The second-order valence-electron chi connectivity index (χ2n) is 4.52. The van der Waals surface area contributed by atoms with Gasteiger partial charge in [-0.3, -0.25) is 5.10 Å². The number of nitrogens with one attached hydrogen (secondary N) is 1. The minimum absolute atomic E-state index is 0.826. The first kappa shape index (κ1) is 11.1. The molecule has 1 aliphatic rings. The van der Waals surface area contributed by atoms with Gasteiger partial charge >= 0.3 is 0 Å². The quantitative estimate of drug-likeness (QED) is 0.873. The van der Waals surface area contributed by atoms with E-state index < -0.39 is 0 Å². The smallest absolute Gasteiger partial charge is 0.171 e. The molecular weight excluding hydrogens is 228 g/mol. The van der Waals surface area contributed by atoms with Gasteiger partial charge in [0.05, 0.1) is 13.3 Å². The number of ether oxygens (including phenoxy) is 1. The molecule has 2 aromatic heterocycles. The average Bonchev–Trinajstić information content (AvgIpc) is 2.85. The summed E-state index contributed by atoms with van der Waals surface area (Å²) >= 11 is 0. The van der Waals surface area contributed by atoms with E-state index in [1.807, 2.05) is 25.3 Å². The Bertz CT molecular complexity index is 564. The van der Waals surface area contributed by atoms with Gasteiger partial charge in [0, 0.05) is 36.5 Å². The van der Waals surface area contributed by atoms with Crippen LogP contribution < -0.4 is 9.64 Å². The summed E-state index contributed by atoms with van der Waals surface area (Å²) in [7, 11) is 1.68. The van der Waals surface area contributed by atoms with E-state index in [1.165, 1.54) is 11.3 Å². The van der Waals surface area contributed by atoms with Crippen LogP contribution in [0, 0.1) is 6.92 Å². The summed E-state index contributed by atoms with van der Waals surface area (Å²) in [5, 5.41) is 7.13. The Balaban J connectivity index is 1.94. The van der Waals surface area contributed by atoms with Crippen molar-refractivity contribution in [3.63, 3.8) is 0 Å². The molecule has 94 valence electrons. The van der Waals surface area contributed by atoms with Gasteiger partial charge in [0.15, 0.2) is 11.6 Å². The van der Waals surface area contributed by atoms with Crippen molar-refractivity contribution >= 4 is 5.82 Å². The largest absolute Gasteiger partial charge is 0.493 e. The first-order valence-electron chi connectivity index (χ1n) is 6.05. The van der Waals surface area contributed by atoms with E-state index in [9.17, 15) is 0 Å². The molecule has 0 radical (unpaired) electrons. The highest BCUT2D eigenvalue weighted by atomic mass is 16.5. The fourth-order valence-corrected chi connectivity index (χ4v) is 2.32. The lowest BCUT2D eigenvalue weighted by molar-refractivity contribution is 0.411. The van der Waals surface area contributed by atoms with E-state index in [-0.39, 0.29) is 0 Å². The number of rotatable bonds is 2. The highest BCUT2D eigenvalue weighted by Gasteiger charge is 2.21. The molecule has 0 saturated heterocycles. The summed E-state index contributed by atoms with van der Waals surface area (Å²) < 4.78 is 5.40. The van der Waals surface area contributed by atoms with Gasteiger partial charge in [-0.25, -0.2) is 4.98 Å². The van der Waals surface area contributed by atoms with Crippen molar-refractivity contribution in [2.24, 2.45) is 0 Å².